The van der Waals surface area contributed by atoms with Gasteiger partial charge >= 0.3 is 0 Å². The third-order valence-corrected chi connectivity index (χ3v) is 5.36. The molecule has 1 amide bonds. The van der Waals surface area contributed by atoms with Crippen molar-refractivity contribution >= 4 is 11.6 Å². The Morgan fingerprint density at radius 2 is 1.50 bits per heavy atom. The first-order valence-corrected chi connectivity index (χ1v) is 9.45. The van der Waals surface area contributed by atoms with Crippen molar-refractivity contribution < 1.29 is 4.79 Å². The molecule has 0 bridgehead atoms. The molecule has 0 heterocycles. The molecule has 0 unspecified atom stereocenters. The molecule has 26 heavy (non-hydrogen) atoms. The van der Waals surface area contributed by atoms with Gasteiger partial charge in [0.1, 0.15) is 0 Å². The molecule has 0 spiro atoms. The average Bonchev–Trinajstić information content (AvgIpc) is 2.66. The number of hydrazone groups is 1. The number of carbonyl (C=O) groups excluding carboxylic acids is 1. The van der Waals surface area contributed by atoms with E-state index < -0.39 is 0 Å². The summed E-state index contributed by atoms with van der Waals surface area (Å²) in [7, 11) is 0. The number of hydrogen-bond acceptors (Lipinski definition) is 2. The summed E-state index contributed by atoms with van der Waals surface area (Å²) in [6.07, 6.45) is 4.28. The fourth-order valence-corrected chi connectivity index (χ4v) is 3.57. The summed E-state index contributed by atoms with van der Waals surface area (Å²) in [5.74, 6) is 0.595. The van der Waals surface area contributed by atoms with Crippen LogP contribution in [0.4, 0.5) is 0 Å². The second-order valence-corrected chi connectivity index (χ2v) is 8.20. The van der Waals surface area contributed by atoms with Gasteiger partial charge in [-0.3, -0.25) is 4.79 Å². The van der Waals surface area contributed by atoms with E-state index >= 15 is 0 Å². The lowest BCUT2D eigenvalue weighted by atomic mass is 9.72. The lowest BCUT2D eigenvalue weighted by Crippen LogP contribution is -2.27. The van der Waals surface area contributed by atoms with Crippen LogP contribution in [0.25, 0.3) is 11.1 Å². The molecule has 1 aliphatic carbocycles. The van der Waals surface area contributed by atoms with Gasteiger partial charge in [0.15, 0.2) is 0 Å². The first-order chi connectivity index (χ1) is 12.4. The summed E-state index contributed by atoms with van der Waals surface area (Å²) in [5.41, 5.74) is 7.09. The molecular weight excluding hydrogens is 320 g/mol. The van der Waals surface area contributed by atoms with Gasteiger partial charge in [0.25, 0.3) is 5.91 Å². The van der Waals surface area contributed by atoms with Crippen LogP contribution in [-0.2, 0) is 0 Å². The lowest BCUT2D eigenvalue weighted by Gasteiger charge is -2.34. The fraction of sp³-hybridized carbons (Fsp3) is 0.391. The Hall–Kier alpha value is -2.42. The van der Waals surface area contributed by atoms with Crippen molar-refractivity contribution in [1.82, 2.24) is 5.43 Å². The van der Waals surface area contributed by atoms with E-state index in [0.717, 1.165) is 48.4 Å². The Morgan fingerprint density at radius 3 is 2.08 bits per heavy atom. The Morgan fingerprint density at radius 1 is 0.923 bits per heavy atom. The van der Waals surface area contributed by atoms with Gasteiger partial charge in [-0.2, -0.15) is 5.10 Å². The summed E-state index contributed by atoms with van der Waals surface area (Å²) in [4.78, 5) is 12.3. The highest BCUT2D eigenvalue weighted by Gasteiger charge is 2.28. The Balaban J connectivity index is 1.57. The number of carbonyl (C=O) groups is 1. The van der Waals surface area contributed by atoms with Crippen LogP contribution in [0.5, 0.6) is 0 Å². The molecule has 3 nitrogen and oxygen atoms in total. The minimum absolute atomic E-state index is 0.143. The number of amides is 1. The standard InChI is InChI=1S/C23H28N2O/c1-23(2,3)20-13-15-21(16-14-20)24-25-22(26)19-11-9-18(10-12-19)17-7-5-4-6-8-17/h4-12,20H,13-16H2,1-3H3,(H,25,26). The van der Waals surface area contributed by atoms with Crippen LogP contribution < -0.4 is 5.43 Å². The van der Waals surface area contributed by atoms with Gasteiger partial charge in [-0.15, -0.1) is 0 Å². The maximum absolute atomic E-state index is 12.3. The number of nitrogens with one attached hydrogen (secondary N) is 1. The number of hydrogen-bond donors (Lipinski definition) is 1. The molecule has 1 aliphatic rings. The van der Waals surface area contributed by atoms with Crippen LogP contribution in [0.3, 0.4) is 0 Å². The van der Waals surface area contributed by atoms with E-state index in [9.17, 15) is 4.79 Å². The van der Waals surface area contributed by atoms with Crippen molar-refractivity contribution in [2.75, 3.05) is 0 Å². The van der Waals surface area contributed by atoms with Gasteiger partial charge < -0.3 is 0 Å². The smallest absolute Gasteiger partial charge is 0.267 e. The topological polar surface area (TPSA) is 41.5 Å². The fourth-order valence-electron chi connectivity index (χ4n) is 3.57. The minimum Gasteiger partial charge on any atom is -0.267 e. The van der Waals surface area contributed by atoms with E-state index in [1.165, 1.54) is 0 Å². The van der Waals surface area contributed by atoms with E-state index in [1.807, 2.05) is 42.5 Å². The average molecular weight is 348 g/mol. The zero-order valence-electron chi connectivity index (χ0n) is 16.0. The largest absolute Gasteiger partial charge is 0.271 e. The van der Waals surface area contributed by atoms with E-state index in [2.05, 4.69) is 43.4 Å². The predicted octanol–water partition coefficient (Wildman–Crippen LogP) is 5.68. The van der Waals surface area contributed by atoms with Crippen molar-refractivity contribution in [2.24, 2.45) is 16.4 Å². The quantitative estimate of drug-likeness (QED) is 0.713. The molecule has 136 valence electrons. The Labute approximate surface area is 156 Å². The van der Waals surface area contributed by atoms with E-state index in [-0.39, 0.29) is 5.91 Å². The highest BCUT2D eigenvalue weighted by Crippen LogP contribution is 2.36. The molecule has 2 aromatic carbocycles. The molecule has 1 fully saturated rings. The van der Waals surface area contributed by atoms with Crippen LogP contribution in [0.15, 0.2) is 59.7 Å². The van der Waals surface area contributed by atoms with Crippen molar-refractivity contribution in [3.8, 4) is 11.1 Å². The van der Waals surface area contributed by atoms with Crippen molar-refractivity contribution in [3.05, 3.63) is 60.2 Å². The summed E-state index contributed by atoms with van der Waals surface area (Å²) >= 11 is 0. The van der Waals surface area contributed by atoms with Gasteiger partial charge in [0.05, 0.1) is 0 Å². The molecule has 2 aromatic rings. The highest BCUT2D eigenvalue weighted by atomic mass is 16.2. The van der Waals surface area contributed by atoms with Crippen molar-refractivity contribution in [1.29, 1.82) is 0 Å². The van der Waals surface area contributed by atoms with Gasteiger partial charge in [0.2, 0.25) is 0 Å². The predicted molar refractivity (Wildman–Crippen MR) is 108 cm³/mol. The number of rotatable bonds is 3. The zero-order chi connectivity index (χ0) is 18.6. The van der Waals surface area contributed by atoms with Crippen LogP contribution in [0, 0.1) is 11.3 Å². The minimum atomic E-state index is -0.143. The van der Waals surface area contributed by atoms with Gasteiger partial charge in [-0.25, -0.2) is 5.43 Å². The lowest BCUT2D eigenvalue weighted by molar-refractivity contribution is 0.0954. The molecule has 0 saturated heterocycles. The van der Waals surface area contributed by atoms with E-state index in [4.69, 9.17) is 0 Å². The first kappa shape index (κ1) is 18.4. The highest BCUT2D eigenvalue weighted by molar-refractivity contribution is 5.96. The molecule has 0 aliphatic heterocycles. The molecule has 1 N–H and O–H groups in total. The Bertz CT molecular complexity index is 760. The third kappa shape index (κ3) is 4.60. The van der Waals surface area contributed by atoms with Crippen molar-refractivity contribution in [3.63, 3.8) is 0 Å². The molecule has 3 heteroatoms. The molecule has 0 atom stereocenters. The zero-order valence-corrected chi connectivity index (χ0v) is 16.0. The number of nitrogens with zero attached hydrogens (tertiary/aromatic N) is 1. The first-order valence-electron chi connectivity index (χ1n) is 9.45. The van der Waals surface area contributed by atoms with E-state index in [1.54, 1.807) is 0 Å². The second kappa shape index (κ2) is 7.86. The van der Waals surface area contributed by atoms with Crippen LogP contribution in [0.1, 0.15) is 56.8 Å². The van der Waals surface area contributed by atoms with Gasteiger partial charge in [0, 0.05) is 11.3 Å². The molecule has 1 saturated carbocycles. The second-order valence-electron chi connectivity index (χ2n) is 8.20. The van der Waals surface area contributed by atoms with Gasteiger partial charge in [-0.05, 0) is 60.3 Å². The van der Waals surface area contributed by atoms with Crippen LogP contribution in [-0.4, -0.2) is 11.6 Å². The summed E-state index contributed by atoms with van der Waals surface area (Å²) in [6, 6.07) is 17.8. The summed E-state index contributed by atoms with van der Waals surface area (Å²) in [6.45, 7) is 6.92. The molecule has 0 radical (unpaired) electrons. The monoisotopic (exact) mass is 348 g/mol. The SMILES string of the molecule is CC(C)(C)C1CCC(=NNC(=O)c2ccc(-c3ccccc3)cc2)CC1. The maximum atomic E-state index is 12.3. The van der Waals surface area contributed by atoms with Gasteiger partial charge in [-0.1, -0.05) is 63.2 Å². The number of benzene rings is 2. The van der Waals surface area contributed by atoms with Crippen LogP contribution in [0.2, 0.25) is 0 Å². The molecular formula is C23H28N2O. The normalized spacial score (nSPS) is 17.7. The molecule has 0 aromatic heterocycles. The summed E-state index contributed by atoms with van der Waals surface area (Å²) in [5, 5.41) is 4.37. The van der Waals surface area contributed by atoms with Crippen LogP contribution >= 0.6 is 0 Å². The third-order valence-electron chi connectivity index (χ3n) is 5.36. The Kier molecular flexibility index (Phi) is 5.55. The maximum Gasteiger partial charge on any atom is 0.271 e. The molecule has 3 rings (SSSR count). The van der Waals surface area contributed by atoms with E-state index in [0.29, 0.717) is 11.0 Å². The summed E-state index contributed by atoms with van der Waals surface area (Å²) < 4.78 is 0. The van der Waals surface area contributed by atoms with Crippen molar-refractivity contribution in [2.45, 2.75) is 46.5 Å².